The molecule has 6 nitrogen and oxygen atoms in total. The van der Waals surface area contributed by atoms with Crippen molar-refractivity contribution in [3.63, 3.8) is 0 Å². The standard InChI is InChI=1S/C15H15F3N2O4S/c1-19-14(21)20-8-7-11-4-2-3-10-5-6-12(9-13(10)11)24-25(22,23)15(16,17)18/h2-6,9H,7-8H2,1H3,(H2,19,20,21). The van der Waals surface area contributed by atoms with E-state index in [0.717, 1.165) is 11.6 Å². The lowest BCUT2D eigenvalue weighted by atomic mass is 10.0. The average molecular weight is 376 g/mol. The van der Waals surface area contributed by atoms with Gasteiger partial charge in [-0.2, -0.15) is 21.6 Å². The van der Waals surface area contributed by atoms with Crippen LogP contribution in [0.25, 0.3) is 10.8 Å². The smallest absolute Gasteiger partial charge is 0.376 e. The number of hydrogen-bond donors (Lipinski definition) is 2. The van der Waals surface area contributed by atoms with E-state index in [1.165, 1.54) is 19.2 Å². The second-order valence-electron chi connectivity index (χ2n) is 5.04. The van der Waals surface area contributed by atoms with Gasteiger partial charge in [-0.1, -0.05) is 24.3 Å². The first-order valence-corrected chi connectivity index (χ1v) is 8.53. The number of amides is 2. The number of rotatable bonds is 5. The summed E-state index contributed by atoms with van der Waals surface area (Å²) in [5, 5.41) is 6.23. The third-order valence-corrected chi connectivity index (χ3v) is 4.32. The highest BCUT2D eigenvalue weighted by molar-refractivity contribution is 7.88. The molecule has 10 heteroatoms. The predicted octanol–water partition coefficient (Wildman–Crippen LogP) is 2.54. The van der Waals surface area contributed by atoms with Gasteiger partial charge < -0.3 is 14.8 Å². The summed E-state index contributed by atoms with van der Waals surface area (Å²) in [5.41, 5.74) is -4.78. The van der Waals surface area contributed by atoms with Crippen molar-refractivity contribution in [1.29, 1.82) is 0 Å². The predicted molar refractivity (Wildman–Crippen MR) is 85.7 cm³/mol. The van der Waals surface area contributed by atoms with Crippen LogP contribution in [0, 0.1) is 0 Å². The Morgan fingerprint density at radius 1 is 1.20 bits per heavy atom. The van der Waals surface area contributed by atoms with Gasteiger partial charge in [0.05, 0.1) is 0 Å². The van der Waals surface area contributed by atoms with Crippen molar-refractivity contribution in [3.8, 4) is 5.75 Å². The van der Waals surface area contributed by atoms with E-state index in [1.54, 1.807) is 18.2 Å². The minimum absolute atomic E-state index is 0.296. The molecule has 0 radical (unpaired) electrons. The largest absolute Gasteiger partial charge is 0.534 e. The van der Waals surface area contributed by atoms with Crippen LogP contribution in [0.15, 0.2) is 36.4 Å². The van der Waals surface area contributed by atoms with Gasteiger partial charge in [-0.15, -0.1) is 0 Å². The first-order chi connectivity index (χ1) is 11.6. The number of urea groups is 1. The molecule has 2 rings (SSSR count). The van der Waals surface area contributed by atoms with Crippen LogP contribution in [0.2, 0.25) is 0 Å². The quantitative estimate of drug-likeness (QED) is 0.620. The third kappa shape index (κ3) is 4.53. The first-order valence-electron chi connectivity index (χ1n) is 7.12. The fraction of sp³-hybridized carbons (Fsp3) is 0.267. The minimum atomic E-state index is -5.73. The van der Waals surface area contributed by atoms with Gasteiger partial charge >= 0.3 is 21.7 Å². The fourth-order valence-corrected chi connectivity index (χ4v) is 2.61. The maximum atomic E-state index is 12.4. The summed E-state index contributed by atoms with van der Waals surface area (Å²) in [6.07, 6.45) is 0.403. The van der Waals surface area contributed by atoms with E-state index in [1.807, 2.05) is 0 Å². The van der Waals surface area contributed by atoms with E-state index in [2.05, 4.69) is 14.8 Å². The van der Waals surface area contributed by atoms with Crippen LogP contribution in [0.1, 0.15) is 5.56 Å². The Morgan fingerprint density at radius 2 is 1.92 bits per heavy atom. The molecule has 0 aliphatic heterocycles. The molecule has 0 bridgehead atoms. The molecule has 2 aromatic rings. The van der Waals surface area contributed by atoms with E-state index in [-0.39, 0.29) is 6.03 Å². The molecule has 25 heavy (non-hydrogen) atoms. The summed E-state index contributed by atoms with van der Waals surface area (Å²) >= 11 is 0. The molecule has 0 aliphatic carbocycles. The number of fused-ring (bicyclic) bond motifs is 1. The molecule has 0 unspecified atom stereocenters. The molecule has 0 aromatic heterocycles. The number of carbonyl (C=O) groups excluding carboxylic acids is 1. The summed E-state index contributed by atoms with van der Waals surface area (Å²) < 4.78 is 63.7. The topological polar surface area (TPSA) is 84.5 Å². The van der Waals surface area contributed by atoms with Gasteiger partial charge in [0, 0.05) is 13.6 Å². The van der Waals surface area contributed by atoms with E-state index < -0.39 is 21.4 Å². The normalized spacial score (nSPS) is 12.0. The molecule has 0 aliphatic rings. The van der Waals surface area contributed by atoms with Crippen LogP contribution < -0.4 is 14.8 Å². The molecule has 0 saturated heterocycles. The first kappa shape index (κ1) is 18.8. The van der Waals surface area contributed by atoms with Gasteiger partial charge in [-0.3, -0.25) is 0 Å². The number of nitrogens with one attached hydrogen (secondary N) is 2. The van der Waals surface area contributed by atoms with Crippen molar-refractivity contribution in [2.75, 3.05) is 13.6 Å². The monoisotopic (exact) mass is 376 g/mol. The van der Waals surface area contributed by atoms with Crippen molar-refractivity contribution in [3.05, 3.63) is 42.0 Å². The third-order valence-electron chi connectivity index (χ3n) is 3.34. The second kappa shape index (κ2) is 7.18. The Kier molecular flexibility index (Phi) is 5.41. The maximum absolute atomic E-state index is 12.4. The molecule has 0 fully saturated rings. The highest BCUT2D eigenvalue weighted by Gasteiger charge is 2.48. The highest BCUT2D eigenvalue weighted by Crippen LogP contribution is 2.30. The van der Waals surface area contributed by atoms with Crippen molar-refractivity contribution in [1.82, 2.24) is 10.6 Å². The molecule has 136 valence electrons. The zero-order valence-corrected chi connectivity index (χ0v) is 13.9. The van der Waals surface area contributed by atoms with Crippen molar-refractivity contribution >= 4 is 26.9 Å². The van der Waals surface area contributed by atoms with Crippen molar-refractivity contribution in [2.45, 2.75) is 11.9 Å². The zero-order chi connectivity index (χ0) is 18.7. The zero-order valence-electron chi connectivity index (χ0n) is 13.1. The van der Waals surface area contributed by atoms with E-state index in [9.17, 15) is 26.4 Å². The number of halogens is 3. The van der Waals surface area contributed by atoms with Gasteiger partial charge in [0.2, 0.25) is 0 Å². The molecule has 0 heterocycles. The number of carbonyl (C=O) groups is 1. The van der Waals surface area contributed by atoms with Gasteiger partial charge in [0.25, 0.3) is 0 Å². The van der Waals surface area contributed by atoms with Crippen LogP contribution in [-0.4, -0.2) is 33.5 Å². The minimum Gasteiger partial charge on any atom is -0.376 e. The van der Waals surface area contributed by atoms with Crippen LogP contribution in [0.5, 0.6) is 5.75 Å². The van der Waals surface area contributed by atoms with Crippen molar-refractivity contribution < 1.29 is 30.6 Å². The lowest BCUT2D eigenvalue weighted by Gasteiger charge is -2.12. The summed E-state index contributed by atoms with van der Waals surface area (Å²) in [4.78, 5) is 11.2. The lowest BCUT2D eigenvalue weighted by Crippen LogP contribution is -2.34. The number of hydrogen-bond acceptors (Lipinski definition) is 4. The summed E-state index contributed by atoms with van der Waals surface area (Å²) in [6, 6.07) is 8.70. The average Bonchev–Trinajstić information content (AvgIpc) is 2.53. The molecule has 0 saturated carbocycles. The molecule has 2 amide bonds. The Hall–Kier alpha value is -2.49. The summed E-state index contributed by atoms with van der Waals surface area (Å²) in [6.45, 7) is 0.296. The number of alkyl halides is 3. The second-order valence-corrected chi connectivity index (χ2v) is 6.58. The van der Waals surface area contributed by atoms with Crippen LogP contribution in [0.4, 0.5) is 18.0 Å². The molecule has 2 N–H and O–H groups in total. The Balaban J connectivity index is 2.29. The van der Waals surface area contributed by atoms with Crippen molar-refractivity contribution in [2.24, 2.45) is 0 Å². The highest BCUT2D eigenvalue weighted by atomic mass is 32.2. The molecule has 0 spiro atoms. The maximum Gasteiger partial charge on any atom is 0.534 e. The number of benzene rings is 2. The van der Waals surface area contributed by atoms with Crippen LogP contribution >= 0.6 is 0 Å². The summed E-state index contributed by atoms with van der Waals surface area (Å²) in [5.74, 6) is -0.434. The molecular formula is C15H15F3N2O4S. The van der Waals surface area contributed by atoms with Crippen LogP contribution in [0.3, 0.4) is 0 Å². The lowest BCUT2D eigenvalue weighted by molar-refractivity contribution is -0.0500. The fourth-order valence-electron chi connectivity index (χ4n) is 2.16. The van der Waals surface area contributed by atoms with E-state index in [4.69, 9.17) is 0 Å². The molecular weight excluding hydrogens is 361 g/mol. The Bertz CT molecular complexity index is 882. The summed E-state index contributed by atoms with van der Waals surface area (Å²) in [7, 11) is -4.26. The molecule has 2 aromatic carbocycles. The van der Waals surface area contributed by atoms with Gasteiger partial charge in [0.15, 0.2) is 0 Å². The SMILES string of the molecule is CNC(=O)NCCc1cccc2ccc(OS(=O)(=O)C(F)(F)F)cc12. The Labute approximate surface area is 142 Å². The Morgan fingerprint density at radius 3 is 2.56 bits per heavy atom. The van der Waals surface area contributed by atoms with E-state index >= 15 is 0 Å². The van der Waals surface area contributed by atoms with Gasteiger partial charge in [-0.25, -0.2) is 4.79 Å². The molecule has 0 atom stereocenters. The van der Waals surface area contributed by atoms with Gasteiger partial charge in [-0.05, 0) is 34.9 Å². The van der Waals surface area contributed by atoms with Crippen LogP contribution in [-0.2, 0) is 16.5 Å². The van der Waals surface area contributed by atoms with Gasteiger partial charge in [0.1, 0.15) is 5.75 Å². The van der Waals surface area contributed by atoms with E-state index in [0.29, 0.717) is 23.7 Å².